The molecule has 3 heterocycles. The van der Waals surface area contributed by atoms with Crippen LogP contribution in [0.15, 0.2) is 53.5 Å². The Balaban J connectivity index is 1.48. The van der Waals surface area contributed by atoms with Gasteiger partial charge in [-0.1, -0.05) is 18.2 Å². The first kappa shape index (κ1) is 35.4. The van der Waals surface area contributed by atoms with Crippen LogP contribution >= 0.6 is 0 Å². The van der Waals surface area contributed by atoms with E-state index in [2.05, 4.69) is 10.3 Å². The number of aryl methyl sites for hydroxylation is 2. The molecule has 1 amide bonds. The Hall–Kier alpha value is -4.88. The van der Waals surface area contributed by atoms with Gasteiger partial charge in [0.25, 0.3) is 17.4 Å². The van der Waals surface area contributed by atoms with Crippen molar-refractivity contribution in [2.24, 2.45) is 7.05 Å². The number of carbonyl (C=O) groups excluding carboxylic acids is 1. The van der Waals surface area contributed by atoms with Crippen molar-refractivity contribution >= 4 is 28.5 Å². The number of hydrogen-bond donors (Lipinski definition) is 2. The minimum atomic E-state index is -4.54. The van der Waals surface area contributed by atoms with E-state index in [1.54, 1.807) is 12.1 Å². The van der Waals surface area contributed by atoms with Gasteiger partial charge in [0.15, 0.2) is 0 Å². The topological polar surface area (TPSA) is 105 Å². The van der Waals surface area contributed by atoms with Crippen molar-refractivity contribution in [3.8, 4) is 11.1 Å². The molecule has 0 unspecified atom stereocenters. The summed E-state index contributed by atoms with van der Waals surface area (Å²) in [6, 6.07) is 5.90. The minimum absolute atomic E-state index is 0.0188. The molecular formula is C35H34F6N4O4. The predicted octanol–water partition coefficient (Wildman–Crippen LogP) is 6.82. The highest BCUT2D eigenvalue weighted by Crippen LogP contribution is 2.38. The van der Waals surface area contributed by atoms with Gasteiger partial charge in [-0.2, -0.15) is 13.2 Å². The van der Waals surface area contributed by atoms with Gasteiger partial charge in [0, 0.05) is 61.0 Å². The van der Waals surface area contributed by atoms with Gasteiger partial charge in [-0.05, 0) is 68.5 Å². The molecule has 49 heavy (non-hydrogen) atoms. The normalized spacial score (nSPS) is 16.1. The first-order chi connectivity index (χ1) is 22.9. The maximum Gasteiger partial charge on any atom is 0.408 e. The molecule has 0 aliphatic carbocycles. The van der Waals surface area contributed by atoms with Gasteiger partial charge in [-0.3, -0.25) is 14.6 Å². The number of carbonyl (C=O) groups is 2. The number of hydrogen-bond acceptors (Lipinski definition) is 5. The fourth-order valence-electron chi connectivity index (χ4n) is 6.45. The molecule has 260 valence electrons. The molecule has 1 saturated heterocycles. The van der Waals surface area contributed by atoms with Crippen LogP contribution in [-0.2, 0) is 24.2 Å². The van der Waals surface area contributed by atoms with Crippen LogP contribution in [0.25, 0.3) is 22.0 Å². The number of piperidine rings is 1. The number of amides is 1. The SMILES string of the molecule is Cc1cc(N2CCCC[C@@H]2C(F)(F)F)cc(F)c1C(=O)N[C@@H](Cc1ccc(-c2c(C(C)(F)F)cc(C)n(C)c2=O)c2ncccc12)C(=O)O. The van der Waals surface area contributed by atoms with Crippen LogP contribution in [0, 0.1) is 19.7 Å². The van der Waals surface area contributed by atoms with E-state index < -0.39 is 58.6 Å². The number of nitrogens with zero attached hydrogens (tertiary/aromatic N) is 3. The number of aromatic nitrogens is 2. The van der Waals surface area contributed by atoms with E-state index in [4.69, 9.17) is 0 Å². The smallest absolute Gasteiger partial charge is 0.408 e. The van der Waals surface area contributed by atoms with Crippen molar-refractivity contribution in [3.63, 3.8) is 0 Å². The summed E-state index contributed by atoms with van der Waals surface area (Å²) in [6.45, 7) is 3.61. The number of rotatable bonds is 8. The van der Waals surface area contributed by atoms with Crippen LogP contribution in [0.5, 0.6) is 0 Å². The summed E-state index contributed by atoms with van der Waals surface area (Å²) in [7, 11) is 1.45. The lowest BCUT2D eigenvalue weighted by molar-refractivity contribution is -0.152. The average Bonchev–Trinajstić information content (AvgIpc) is 3.02. The summed E-state index contributed by atoms with van der Waals surface area (Å²) in [4.78, 5) is 44.4. The molecule has 8 nitrogen and oxygen atoms in total. The van der Waals surface area contributed by atoms with Crippen molar-refractivity contribution in [2.75, 3.05) is 11.4 Å². The zero-order valence-electron chi connectivity index (χ0n) is 27.1. The number of nitrogens with one attached hydrogen (secondary N) is 1. The van der Waals surface area contributed by atoms with Gasteiger partial charge < -0.3 is 19.9 Å². The highest BCUT2D eigenvalue weighted by atomic mass is 19.4. The summed E-state index contributed by atoms with van der Waals surface area (Å²) < 4.78 is 87.3. The third-order valence-corrected chi connectivity index (χ3v) is 9.01. The monoisotopic (exact) mass is 688 g/mol. The van der Waals surface area contributed by atoms with E-state index in [1.807, 2.05) is 0 Å². The quantitative estimate of drug-likeness (QED) is 0.197. The number of alkyl halides is 5. The van der Waals surface area contributed by atoms with E-state index in [9.17, 15) is 41.4 Å². The van der Waals surface area contributed by atoms with E-state index in [0.717, 1.165) is 11.0 Å². The maximum atomic E-state index is 15.4. The number of aliphatic carboxylic acids is 1. The summed E-state index contributed by atoms with van der Waals surface area (Å²) >= 11 is 0. The molecule has 0 bridgehead atoms. The third-order valence-electron chi connectivity index (χ3n) is 9.01. The fourth-order valence-corrected chi connectivity index (χ4v) is 6.45. The summed E-state index contributed by atoms with van der Waals surface area (Å²) in [5.74, 6) is -7.04. The molecule has 2 atom stereocenters. The van der Waals surface area contributed by atoms with Gasteiger partial charge in [-0.15, -0.1) is 0 Å². The Labute approximate surface area is 277 Å². The molecular weight excluding hydrogens is 654 g/mol. The molecule has 0 radical (unpaired) electrons. The van der Waals surface area contributed by atoms with E-state index >= 15 is 4.39 Å². The molecule has 1 aliphatic heterocycles. The number of benzene rings is 2. The lowest BCUT2D eigenvalue weighted by Crippen LogP contribution is -2.49. The van der Waals surface area contributed by atoms with Crippen molar-refractivity contribution < 1.29 is 41.0 Å². The van der Waals surface area contributed by atoms with Gasteiger partial charge in [0.1, 0.15) is 17.9 Å². The van der Waals surface area contributed by atoms with Crippen molar-refractivity contribution in [3.05, 3.63) is 92.8 Å². The zero-order valence-corrected chi connectivity index (χ0v) is 27.1. The molecule has 0 spiro atoms. The lowest BCUT2D eigenvalue weighted by atomic mass is 9.91. The summed E-state index contributed by atoms with van der Waals surface area (Å²) in [5, 5.41) is 12.7. The second kappa shape index (κ2) is 13.2. The number of carboxylic acid groups (broad SMARTS) is 1. The maximum absolute atomic E-state index is 15.4. The van der Waals surface area contributed by atoms with Crippen LogP contribution in [0.2, 0.25) is 0 Å². The van der Waals surface area contributed by atoms with Crippen LogP contribution in [0.4, 0.5) is 32.0 Å². The first-order valence-corrected chi connectivity index (χ1v) is 15.5. The predicted molar refractivity (Wildman–Crippen MR) is 171 cm³/mol. The van der Waals surface area contributed by atoms with Gasteiger partial charge >= 0.3 is 12.1 Å². The van der Waals surface area contributed by atoms with Crippen LogP contribution in [0.3, 0.4) is 0 Å². The number of fused-ring (bicyclic) bond motifs is 1. The molecule has 2 N–H and O–H groups in total. The van der Waals surface area contributed by atoms with Crippen molar-refractivity contribution in [2.45, 2.75) is 70.6 Å². The third kappa shape index (κ3) is 6.99. The largest absolute Gasteiger partial charge is 0.480 e. The molecule has 4 aromatic rings. The molecule has 2 aromatic heterocycles. The molecule has 2 aromatic carbocycles. The van der Waals surface area contributed by atoms with Gasteiger partial charge in [0.2, 0.25) is 0 Å². The highest BCUT2D eigenvalue weighted by Gasteiger charge is 2.45. The van der Waals surface area contributed by atoms with E-state index in [-0.39, 0.29) is 47.3 Å². The van der Waals surface area contributed by atoms with Gasteiger partial charge in [0.05, 0.1) is 16.6 Å². The Morgan fingerprint density at radius 2 is 1.80 bits per heavy atom. The molecule has 1 aliphatic rings. The second-order valence-corrected chi connectivity index (χ2v) is 12.4. The molecule has 0 saturated carbocycles. The van der Waals surface area contributed by atoms with Crippen LogP contribution < -0.4 is 15.8 Å². The lowest BCUT2D eigenvalue weighted by Gasteiger charge is -2.38. The first-order valence-electron chi connectivity index (χ1n) is 15.5. The molecule has 14 heteroatoms. The van der Waals surface area contributed by atoms with Gasteiger partial charge in [-0.25, -0.2) is 18.0 Å². The zero-order chi connectivity index (χ0) is 36.0. The molecule has 5 rings (SSSR count). The average molecular weight is 689 g/mol. The number of halogens is 6. The van der Waals surface area contributed by atoms with E-state index in [1.165, 1.54) is 55.9 Å². The van der Waals surface area contributed by atoms with Crippen molar-refractivity contribution in [1.29, 1.82) is 0 Å². The minimum Gasteiger partial charge on any atom is -0.480 e. The number of carboxylic acids is 1. The number of pyridine rings is 2. The number of anilines is 1. The Morgan fingerprint density at radius 3 is 2.43 bits per heavy atom. The summed E-state index contributed by atoms with van der Waals surface area (Å²) in [5.41, 5.74) is -1.06. The highest BCUT2D eigenvalue weighted by molar-refractivity contribution is 5.99. The Morgan fingerprint density at radius 1 is 1.08 bits per heavy atom. The van der Waals surface area contributed by atoms with Crippen LogP contribution in [-0.4, -0.2) is 51.3 Å². The standard InChI is InChI=1S/C35H34F6N4O4/c1-18-14-21(45-13-6-5-9-27(45)35(39,40)41)17-25(36)28(18)31(46)43-26(33(48)49)16-20-10-11-23(30-22(20)8-7-12-42-30)29-24(34(3,37)38)15-19(2)44(4)32(29)47/h7-8,10-12,14-15,17,26-27H,5-6,9,13,16H2,1-4H3,(H,43,46)(H,48,49)/t26-,27+/m0/s1. The van der Waals surface area contributed by atoms with Crippen molar-refractivity contribution in [1.82, 2.24) is 14.9 Å². The summed E-state index contributed by atoms with van der Waals surface area (Å²) in [6.07, 6.45) is -2.78. The van der Waals surface area contributed by atoms with E-state index in [0.29, 0.717) is 36.4 Å². The Bertz CT molecular complexity index is 1980. The van der Waals surface area contributed by atoms with Crippen LogP contribution in [0.1, 0.15) is 58.9 Å². The Kier molecular flexibility index (Phi) is 9.55. The second-order valence-electron chi connectivity index (χ2n) is 12.4. The fraction of sp³-hybridized carbons (Fsp3) is 0.371. The molecule has 1 fully saturated rings.